The highest BCUT2D eigenvalue weighted by Crippen LogP contribution is 2.33. The van der Waals surface area contributed by atoms with Crippen LogP contribution in [0.1, 0.15) is 172 Å². The average molecular weight is 845 g/mol. The van der Waals surface area contributed by atoms with Crippen LogP contribution >= 0.6 is 0 Å². The molecular formula is C44H76N8O8. The average Bonchev–Trinajstić information content (AvgIpc) is 3.84. The first-order chi connectivity index (χ1) is 28.4. The van der Waals surface area contributed by atoms with E-state index in [1.807, 2.05) is 44.7 Å². The summed E-state index contributed by atoms with van der Waals surface area (Å²) in [4.78, 5) is 63.2. The van der Waals surface area contributed by atoms with Crippen LogP contribution in [-0.2, 0) is 37.0 Å². The van der Waals surface area contributed by atoms with Gasteiger partial charge in [0.05, 0.1) is 39.0 Å². The number of carboxylic acids is 1. The van der Waals surface area contributed by atoms with Crippen LogP contribution in [0.3, 0.4) is 0 Å². The van der Waals surface area contributed by atoms with Crippen LogP contribution in [0.2, 0.25) is 0 Å². The number of carboxylic acid groups (broad SMARTS) is 1. The number of hydrogen-bond donors (Lipinski definition) is 1. The molecule has 0 radical (unpaired) electrons. The van der Waals surface area contributed by atoms with E-state index in [9.17, 15) is 24.3 Å². The lowest BCUT2D eigenvalue weighted by Crippen LogP contribution is -2.34. The Labute approximate surface area is 358 Å². The van der Waals surface area contributed by atoms with Crippen LogP contribution < -0.4 is 0 Å². The second kappa shape index (κ2) is 25.8. The first-order valence-corrected chi connectivity index (χ1v) is 22.2. The Balaban J connectivity index is 0.000000323. The Kier molecular flexibility index (Phi) is 21.7. The molecule has 2 atom stereocenters. The molecule has 0 saturated heterocycles. The van der Waals surface area contributed by atoms with Crippen molar-refractivity contribution < 1.29 is 38.1 Å². The fourth-order valence-electron chi connectivity index (χ4n) is 8.01. The lowest BCUT2D eigenvalue weighted by molar-refractivity contribution is -0.155. The maximum Gasteiger partial charge on any atom is 0.307 e. The van der Waals surface area contributed by atoms with E-state index in [4.69, 9.17) is 13.8 Å². The predicted molar refractivity (Wildman–Crippen MR) is 228 cm³/mol. The van der Waals surface area contributed by atoms with E-state index in [2.05, 4.69) is 20.3 Å². The molecule has 16 heteroatoms. The molecule has 2 amide bonds. The van der Waals surface area contributed by atoms with Gasteiger partial charge in [0.2, 0.25) is 23.6 Å². The number of ether oxygens (including phenoxy) is 1. The summed E-state index contributed by atoms with van der Waals surface area (Å²) < 4.78 is 16.5. The van der Waals surface area contributed by atoms with Gasteiger partial charge >= 0.3 is 11.9 Å². The van der Waals surface area contributed by atoms with Gasteiger partial charge in [0, 0.05) is 40.0 Å². The van der Waals surface area contributed by atoms with Gasteiger partial charge in [-0.3, -0.25) is 29.0 Å². The summed E-state index contributed by atoms with van der Waals surface area (Å²) in [6.45, 7) is 6.95. The van der Waals surface area contributed by atoms with Crippen LogP contribution in [0.15, 0.2) is 9.05 Å². The third-order valence-electron chi connectivity index (χ3n) is 11.3. The molecule has 340 valence electrons. The normalized spacial score (nSPS) is 16.2. The number of carbonyl (C=O) groups excluding carboxylic acids is 3. The summed E-state index contributed by atoms with van der Waals surface area (Å²) >= 11 is 0. The molecule has 2 aliphatic carbocycles. The fraction of sp³-hybridized carbons (Fsp3) is 0.818. The number of carbonyl (C=O) groups is 4. The Morgan fingerprint density at radius 2 is 1.07 bits per heavy atom. The molecule has 60 heavy (non-hydrogen) atoms. The van der Waals surface area contributed by atoms with Gasteiger partial charge in [-0.15, -0.1) is 0 Å². The fourth-order valence-corrected chi connectivity index (χ4v) is 8.01. The van der Waals surface area contributed by atoms with Crippen molar-refractivity contribution in [3.63, 3.8) is 0 Å². The number of likely N-dealkylation sites (N-methyl/N-ethyl adjacent to an activating group) is 4. The highest BCUT2D eigenvalue weighted by Gasteiger charge is 2.27. The third-order valence-corrected chi connectivity index (χ3v) is 11.3. The molecule has 0 aromatic carbocycles. The first-order valence-electron chi connectivity index (χ1n) is 22.2. The number of aliphatic carboxylic acids is 1. The third kappa shape index (κ3) is 20.1. The van der Waals surface area contributed by atoms with Gasteiger partial charge in [-0.1, -0.05) is 100 Å². The van der Waals surface area contributed by atoms with E-state index in [0.717, 1.165) is 43.9 Å². The van der Waals surface area contributed by atoms with Gasteiger partial charge < -0.3 is 28.7 Å². The Morgan fingerprint density at radius 1 is 0.667 bits per heavy atom. The molecule has 2 aromatic rings. The van der Waals surface area contributed by atoms with Crippen molar-refractivity contribution >= 4 is 23.8 Å². The van der Waals surface area contributed by atoms with Gasteiger partial charge in [-0.2, -0.15) is 9.97 Å². The topological polar surface area (TPSA) is 189 Å². The van der Waals surface area contributed by atoms with Gasteiger partial charge in [0.25, 0.3) is 0 Å². The molecule has 16 nitrogen and oxygen atoms in total. The summed E-state index contributed by atoms with van der Waals surface area (Å²) in [6, 6.07) is 0. The number of aromatic nitrogens is 4. The minimum atomic E-state index is -0.851. The van der Waals surface area contributed by atoms with Crippen LogP contribution in [0.5, 0.6) is 0 Å². The molecular weight excluding hydrogens is 769 g/mol. The maximum absolute atomic E-state index is 12.5. The van der Waals surface area contributed by atoms with E-state index in [-0.39, 0.29) is 55.6 Å². The zero-order valence-corrected chi connectivity index (χ0v) is 38.2. The van der Waals surface area contributed by atoms with Crippen molar-refractivity contribution in [3.8, 4) is 0 Å². The summed E-state index contributed by atoms with van der Waals surface area (Å²) in [7, 11) is 10.6. The van der Waals surface area contributed by atoms with Gasteiger partial charge in [0.15, 0.2) is 11.6 Å². The molecule has 2 fully saturated rings. The molecule has 2 aromatic heterocycles. The zero-order valence-electron chi connectivity index (χ0n) is 38.2. The van der Waals surface area contributed by atoms with Crippen LogP contribution in [0, 0.1) is 11.8 Å². The van der Waals surface area contributed by atoms with Crippen molar-refractivity contribution in [2.45, 2.75) is 167 Å². The van der Waals surface area contributed by atoms with Crippen LogP contribution in [-0.4, -0.2) is 130 Å². The minimum Gasteiger partial charge on any atom is -0.481 e. The predicted octanol–water partition coefficient (Wildman–Crippen LogP) is 7.05. The largest absolute Gasteiger partial charge is 0.481 e. The van der Waals surface area contributed by atoms with Crippen molar-refractivity contribution in [1.82, 2.24) is 39.9 Å². The van der Waals surface area contributed by atoms with Crippen LogP contribution in [0.4, 0.5) is 0 Å². The molecule has 1 N–H and O–H groups in total. The Morgan fingerprint density at radius 3 is 1.43 bits per heavy atom. The first kappa shape index (κ1) is 50.4. The molecule has 2 aliphatic rings. The standard InChI is InChI=1S/C24H42N4O4.C20H34N4O4/c1-24(2,3)31-22(30)15-19(14-10-13-18-11-8-7-9-12-18)23-25-20(26-32-23)16-28(6)17-21(29)27(4)5;1-23(2)18(25)14-24(3)13-17-21-20(28-22-17)16(12-19(26)27)11-7-10-15-8-5-4-6-9-15/h18-19H,7-17H2,1-6H3;15-16H,4-14H2,1-3H3,(H,26,27)/t19-;16-/m11/s1. The van der Waals surface area contributed by atoms with E-state index in [1.165, 1.54) is 75.5 Å². The Hall–Kier alpha value is -3.92. The highest BCUT2D eigenvalue weighted by atomic mass is 16.6. The lowest BCUT2D eigenvalue weighted by atomic mass is 9.84. The lowest BCUT2D eigenvalue weighted by Gasteiger charge is -2.23. The van der Waals surface area contributed by atoms with Crippen molar-refractivity contribution in [3.05, 3.63) is 23.4 Å². The minimum absolute atomic E-state index is 0.00124. The van der Waals surface area contributed by atoms with E-state index >= 15 is 0 Å². The summed E-state index contributed by atoms with van der Waals surface area (Å²) in [5.41, 5.74) is -0.522. The molecule has 0 aliphatic heterocycles. The maximum atomic E-state index is 12.5. The second-order valence-corrected chi connectivity index (χ2v) is 18.7. The smallest absolute Gasteiger partial charge is 0.307 e. The SMILES string of the molecule is CN(CC(=O)N(C)C)Cc1noc([C@H](CCCC2CCCCC2)CC(=O)O)n1.CN(CC(=O)N(C)C)Cc1noc([C@H](CCCC2CCCCC2)CC(=O)OC(C)(C)C)n1. The van der Waals surface area contributed by atoms with Crippen molar-refractivity contribution in [1.29, 1.82) is 0 Å². The number of esters is 1. The number of hydrogen-bond acceptors (Lipinski definition) is 13. The quantitative estimate of drug-likeness (QED) is 0.119. The highest BCUT2D eigenvalue weighted by molar-refractivity contribution is 5.78. The summed E-state index contributed by atoms with van der Waals surface area (Å²) in [5.74, 6) is 1.98. The molecule has 2 saturated carbocycles. The molecule has 0 unspecified atom stereocenters. The summed E-state index contributed by atoms with van der Waals surface area (Å²) in [6.07, 6.45) is 19.4. The molecule has 0 spiro atoms. The second-order valence-electron chi connectivity index (χ2n) is 18.7. The number of nitrogens with zero attached hydrogens (tertiary/aromatic N) is 8. The van der Waals surface area contributed by atoms with E-state index < -0.39 is 11.6 Å². The molecule has 2 heterocycles. The molecule has 4 rings (SSSR count). The Bertz CT molecular complexity index is 1580. The number of amides is 2. The zero-order chi connectivity index (χ0) is 44.2. The van der Waals surface area contributed by atoms with Gasteiger partial charge in [-0.25, -0.2) is 0 Å². The summed E-state index contributed by atoms with van der Waals surface area (Å²) in [5, 5.41) is 17.3. The van der Waals surface area contributed by atoms with Gasteiger partial charge in [-0.05, 0) is 59.5 Å². The van der Waals surface area contributed by atoms with E-state index in [1.54, 1.807) is 33.1 Å². The molecule has 0 bridgehead atoms. The number of rotatable bonds is 22. The van der Waals surface area contributed by atoms with Crippen molar-refractivity contribution in [2.24, 2.45) is 11.8 Å². The van der Waals surface area contributed by atoms with E-state index in [0.29, 0.717) is 36.5 Å². The monoisotopic (exact) mass is 845 g/mol. The van der Waals surface area contributed by atoms with Crippen molar-refractivity contribution in [2.75, 3.05) is 55.4 Å². The van der Waals surface area contributed by atoms with Gasteiger partial charge in [0.1, 0.15) is 5.60 Å². The van der Waals surface area contributed by atoms with Crippen LogP contribution in [0.25, 0.3) is 0 Å².